The molecule has 9 nitrogen and oxygen atoms in total. The van der Waals surface area contributed by atoms with E-state index in [2.05, 4.69) is 10.1 Å². The molecule has 3 aromatic rings. The highest BCUT2D eigenvalue weighted by atomic mass is 19.1. The van der Waals surface area contributed by atoms with E-state index < -0.39 is 5.82 Å². The number of halogens is 1. The van der Waals surface area contributed by atoms with Crippen molar-refractivity contribution < 1.29 is 18.7 Å². The average Bonchev–Trinajstić information content (AvgIpc) is 3.46. The van der Waals surface area contributed by atoms with E-state index in [1.165, 1.54) is 13.2 Å². The zero-order valence-electron chi connectivity index (χ0n) is 19.7. The number of nitrogens with zero attached hydrogens (tertiary/aromatic N) is 6. The van der Waals surface area contributed by atoms with Gasteiger partial charge in [0.15, 0.2) is 5.82 Å². The minimum Gasteiger partial charge on any atom is -0.479 e. The van der Waals surface area contributed by atoms with E-state index in [4.69, 9.17) is 14.6 Å². The van der Waals surface area contributed by atoms with Crippen LogP contribution in [0.2, 0.25) is 0 Å². The molecule has 0 saturated carbocycles. The lowest BCUT2D eigenvalue weighted by Gasteiger charge is -2.20. The van der Waals surface area contributed by atoms with Gasteiger partial charge in [0.25, 0.3) is 0 Å². The molecule has 0 N–H and O–H groups in total. The summed E-state index contributed by atoms with van der Waals surface area (Å²) in [6.07, 6.45) is 7.27. The summed E-state index contributed by atoms with van der Waals surface area (Å²) in [5.41, 5.74) is 4.31. The van der Waals surface area contributed by atoms with Crippen LogP contribution in [0.4, 0.5) is 4.39 Å². The molecule has 1 atom stereocenters. The lowest BCUT2D eigenvalue weighted by Crippen LogP contribution is -2.32. The van der Waals surface area contributed by atoms with Crippen LogP contribution in [0.5, 0.6) is 5.88 Å². The largest absolute Gasteiger partial charge is 0.479 e. The zero-order valence-corrected chi connectivity index (χ0v) is 19.7. The fraction of sp³-hybridized carbons (Fsp3) is 0.500. The molecule has 1 amide bonds. The first-order chi connectivity index (χ1) is 16.4. The number of fused-ring (bicyclic) bond motifs is 1. The van der Waals surface area contributed by atoms with Crippen molar-refractivity contribution in [3.63, 3.8) is 0 Å². The topological polar surface area (TPSA) is 87.3 Å². The van der Waals surface area contributed by atoms with E-state index in [1.54, 1.807) is 10.9 Å². The SMILES string of the molecule is COc1ncc(-n2nc(-c3cnn(CC4CC(=O)N(C(C)C)C4)c3)c3c2CCOCC3)cc1F. The maximum atomic E-state index is 14.4. The normalized spacial score (nSPS) is 18.4. The first-order valence-corrected chi connectivity index (χ1v) is 11.6. The first-order valence-electron chi connectivity index (χ1n) is 11.6. The number of amides is 1. The Kier molecular flexibility index (Phi) is 6.07. The fourth-order valence-corrected chi connectivity index (χ4v) is 4.86. The molecular weight excluding hydrogens is 439 g/mol. The van der Waals surface area contributed by atoms with Gasteiger partial charge in [-0.25, -0.2) is 14.1 Å². The highest BCUT2D eigenvalue weighted by Crippen LogP contribution is 2.31. The van der Waals surface area contributed by atoms with Gasteiger partial charge in [0.2, 0.25) is 11.8 Å². The van der Waals surface area contributed by atoms with Crippen molar-refractivity contribution in [3.8, 4) is 22.8 Å². The zero-order chi connectivity index (χ0) is 23.8. The van der Waals surface area contributed by atoms with Crippen LogP contribution >= 0.6 is 0 Å². The van der Waals surface area contributed by atoms with E-state index in [9.17, 15) is 9.18 Å². The Morgan fingerprint density at radius 3 is 2.82 bits per heavy atom. The van der Waals surface area contributed by atoms with Crippen LogP contribution in [0.25, 0.3) is 16.9 Å². The molecule has 0 aromatic carbocycles. The number of carbonyl (C=O) groups excluding carboxylic acids is 1. The number of aromatic nitrogens is 5. The van der Waals surface area contributed by atoms with Gasteiger partial charge in [0, 0.05) is 61.3 Å². The third-order valence-corrected chi connectivity index (χ3v) is 6.51. The van der Waals surface area contributed by atoms with E-state index in [0.717, 1.165) is 29.1 Å². The van der Waals surface area contributed by atoms with Crippen molar-refractivity contribution >= 4 is 5.91 Å². The average molecular weight is 469 g/mol. The summed E-state index contributed by atoms with van der Waals surface area (Å²) in [6, 6.07) is 1.60. The summed E-state index contributed by atoms with van der Waals surface area (Å²) in [4.78, 5) is 18.3. The van der Waals surface area contributed by atoms with E-state index in [-0.39, 0.29) is 23.7 Å². The maximum Gasteiger partial charge on any atom is 0.250 e. The number of pyridine rings is 1. The second kappa shape index (κ2) is 9.17. The molecule has 2 aliphatic heterocycles. The summed E-state index contributed by atoms with van der Waals surface area (Å²) in [5, 5.41) is 9.42. The Labute approximate surface area is 197 Å². The summed E-state index contributed by atoms with van der Waals surface area (Å²) in [5.74, 6) is -0.144. The number of hydrogen-bond acceptors (Lipinski definition) is 6. The third-order valence-electron chi connectivity index (χ3n) is 6.51. The molecule has 180 valence electrons. The Balaban J connectivity index is 1.45. The predicted octanol–water partition coefficient (Wildman–Crippen LogP) is 2.65. The molecule has 0 spiro atoms. The second-order valence-corrected chi connectivity index (χ2v) is 9.14. The number of hydrogen-bond donors (Lipinski definition) is 0. The lowest BCUT2D eigenvalue weighted by molar-refractivity contribution is -0.129. The number of carbonyl (C=O) groups is 1. The molecule has 10 heteroatoms. The van der Waals surface area contributed by atoms with Gasteiger partial charge in [-0.2, -0.15) is 10.2 Å². The number of rotatable bonds is 6. The highest BCUT2D eigenvalue weighted by Gasteiger charge is 2.31. The molecule has 34 heavy (non-hydrogen) atoms. The van der Waals surface area contributed by atoms with Crippen LogP contribution in [0.15, 0.2) is 24.7 Å². The van der Waals surface area contributed by atoms with Gasteiger partial charge in [-0.05, 0) is 20.3 Å². The van der Waals surface area contributed by atoms with E-state index in [0.29, 0.717) is 44.7 Å². The molecule has 0 aliphatic carbocycles. The molecule has 1 saturated heterocycles. The molecule has 0 radical (unpaired) electrons. The van der Waals surface area contributed by atoms with Gasteiger partial charge >= 0.3 is 0 Å². The Morgan fingerprint density at radius 2 is 2.09 bits per heavy atom. The van der Waals surface area contributed by atoms with Crippen molar-refractivity contribution in [1.82, 2.24) is 29.4 Å². The fourth-order valence-electron chi connectivity index (χ4n) is 4.86. The van der Waals surface area contributed by atoms with Gasteiger partial charge in [0.1, 0.15) is 0 Å². The monoisotopic (exact) mass is 468 g/mol. The van der Waals surface area contributed by atoms with Crippen molar-refractivity contribution in [1.29, 1.82) is 0 Å². The Hall–Kier alpha value is -3.27. The standard InChI is InChI=1S/C24H29FN6O3/c1-15(2)30-13-16(8-22(30)32)12-29-14-17(10-27-29)23-19-4-6-34-7-5-21(19)31(28-23)18-9-20(25)24(33-3)26-11-18/h9-11,14-16H,4-8,12-13H2,1-3H3. The smallest absolute Gasteiger partial charge is 0.250 e. The van der Waals surface area contributed by atoms with Crippen LogP contribution in [-0.4, -0.2) is 68.3 Å². The van der Waals surface area contributed by atoms with Crippen LogP contribution < -0.4 is 4.74 Å². The van der Waals surface area contributed by atoms with Crippen LogP contribution in [0.3, 0.4) is 0 Å². The Bertz CT molecular complexity index is 1200. The summed E-state index contributed by atoms with van der Waals surface area (Å²) in [7, 11) is 1.39. The van der Waals surface area contributed by atoms with Gasteiger partial charge in [-0.3, -0.25) is 9.48 Å². The van der Waals surface area contributed by atoms with Crippen molar-refractivity contribution in [2.24, 2.45) is 5.92 Å². The molecule has 2 aliphatic rings. The molecule has 1 unspecified atom stereocenters. The van der Waals surface area contributed by atoms with Crippen LogP contribution in [0, 0.1) is 11.7 Å². The highest BCUT2D eigenvalue weighted by molar-refractivity contribution is 5.78. The second-order valence-electron chi connectivity index (χ2n) is 9.14. The molecule has 1 fully saturated rings. The molecule has 3 aromatic heterocycles. The van der Waals surface area contributed by atoms with Gasteiger partial charge in [-0.1, -0.05) is 0 Å². The van der Waals surface area contributed by atoms with E-state index in [1.807, 2.05) is 35.8 Å². The quantitative estimate of drug-likeness (QED) is 0.553. The van der Waals surface area contributed by atoms with Crippen LogP contribution in [-0.2, 0) is 28.9 Å². The number of likely N-dealkylation sites (tertiary alicyclic amines) is 1. The summed E-state index contributed by atoms with van der Waals surface area (Å²) < 4.78 is 28.7. The summed E-state index contributed by atoms with van der Waals surface area (Å²) in [6.45, 7) is 6.69. The number of ether oxygens (including phenoxy) is 2. The van der Waals surface area contributed by atoms with Gasteiger partial charge in [-0.15, -0.1) is 0 Å². The van der Waals surface area contributed by atoms with Gasteiger partial charge in [0.05, 0.1) is 49.8 Å². The molecule has 0 bridgehead atoms. The first kappa shape index (κ1) is 22.5. The van der Waals surface area contributed by atoms with Crippen molar-refractivity contribution in [2.75, 3.05) is 26.9 Å². The molecular formula is C24H29FN6O3. The lowest BCUT2D eigenvalue weighted by atomic mass is 10.0. The molecule has 5 heterocycles. The van der Waals surface area contributed by atoms with Crippen molar-refractivity contribution in [2.45, 2.75) is 45.7 Å². The third kappa shape index (κ3) is 4.18. The summed E-state index contributed by atoms with van der Waals surface area (Å²) >= 11 is 0. The van der Waals surface area contributed by atoms with Crippen molar-refractivity contribution in [3.05, 3.63) is 41.7 Å². The van der Waals surface area contributed by atoms with Crippen LogP contribution in [0.1, 0.15) is 31.5 Å². The Morgan fingerprint density at radius 1 is 1.26 bits per heavy atom. The number of methoxy groups -OCH3 is 1. The van der Waals surface area contributed by atoms with E-state index >= 15 is 0 Å². The molecule has 5 rings (SSSR count). The van der Waals surface area contributed by atoms with Gasteiger partial charge < -0.3 is 14.4 Å². The minimum absolute atomic E-state index is 0.0479. The maximum absolute atomic E-state index is 14.4. The minimum atomic E-state index is -0.537. The predicted molar refractivity (Wildman–Crippen MR) is 122 cm³/mol.